The van der Waals surface area contributed by atoms with E-state index in [0.29, 0.717) is 19.7 Å². The van der Waals surface area contributed by atoms with E-state index >= 15 is 0 Å². The molecule has 0 radical (unpaired) electrons. The lowest BCUT2D eigenvalue weighted by Crippen LogP contribution is -1.89. The van der Waals surface area contributed by atoms with Gasteiger partial charge >= 0.3 is 0 Å². The molecule has 0 saturated heterocycles. The molecule has 2 aromatic rings. The lowest BCUT2D eigenvalue weighted by Gasteiger charge is -2.13. The molecule has 0 aliphatic carbocycles. The molecule has 0 spiro atoms. The maximum absolute atomic E-state index is 10.1. The standard InChI is InChI=1S/C12H5Br4ClO2/c13-5-1-2-9(6(14)3-5)19-12-8(17)4-7(15)10(16)11(12)18/h1-4,18H. The lowest BCUT2D eigenvalue weighted by molar-refractivity contribution is 0.407. The van der Waals surface area contributed by atoms with Crippen LogP contribution in [-0.2, 0) is 0 Å². The van der Waals surface area contributed by atoms with Crippen LogP contribution in [0.2, 0.25) is 5.02 Å². The molecule has 0 amide bonds. The van der Waals surface area contributed by atoms with E-state index in [1.165, 1.54) is 0 Å². The van der Waals surface area contributed by atoms with Crippen molar-refractivity contribution in [3.8, 4) is 17.2 Å². The van der Waals surface area contributed by atoms with Gasteiger partial charge in [-0.25, -0.2) is 0 Å². The van der Waals surface area contributed by atoms with E-state index in [9.17, 15) is 5.11 Å². The molecule has 0 fully saturated rings. The average Bonchev–Trinajstić information content (AvgIpc) is 2.34. The van der Waals surface area contributed by atoms with Crippen LogP contribution in [0.4, 0.5) is 0 Å². The van der Waals surface area contributed by atoms with E-state index in [1.807, 2.05) is 12.1 Å². The van der Waals surface area contributed by atoms with Gasteiger partial charge in [0.25, 0.3) is 0 Å². The van der Waals surface area contributed by atoms with Crippen molar-refractivity contribution in [3.05, 3.63) is 47.2 Å². The third-order valence-corrected chi connectivity index (χ3v) is 5.56. The van der Waals surface area contributed by atoms with Crippen LogP contribution in [0, 0.1) is 0 Å². The maximum Gasteiger partial charge on any atom is 0.188 e. The summed E-state index contributed by atoms with van der Waals surface area (Å²) >= 11 is 19.4. The highest BCUT2D eigenvalue weighted by molar-refractivity contribution is 9.13. The van der Waals surface area contributed by atoms with E-state index < -0.39 is 0 Å². The highest BCUT2D eigenvalue weighted by Gasteiger charge is 2.17. The van der Waals surface area contributed by atoms with Gasteiger partial charge in [0.15, 0.2) is 11.5 Å². The summed E-state index contributed by atoms with van der Waals surface area (Å²) in [7, 11) is 0. The molecule has 0 unspecified atom stereocenters. The summed E-state index contributed by atoms with van der Waals surface area (Å²) in [4.78, 5) is 0. The minimum absolute atomic E-state index is 0.0609. The Hall–Kier alpha value is 0.250. The molecule has 0 aliphatic heterocycles. The average molecular weight is 536 g/mol. The number of aromatic hydroxyl groups is 1. The molecule has 0 saturated carbocycles. The van der Waals surface area contributed by atoms with Gasteiger partial charge in [0.05, 0.1) is 14.0 Å². The molecule has 19 heavy (non-hydrogen) atoms. The molecule has 0 aromatic heterocycles. The Balaban J connectivity index is 2.47. The monoisotopic (exact) mass is 532 g/mol. The molecular formula is C12H5Br4ClO2. The van der Waals surface area contributed by atoms with Crippen LogP contribution in [-0.4, -0.2) is 5.11 Å². The summed E-state index contributed by atoms with van der Waals surface area (Å²) in [5.41, 5.74) is 0. The second kappa shape index (κ2) is 6.35. The van der Waals surface area contributed by atoms with Gasteiger partial charge < -0.3 is 9.84 Å². The van der Waals surface area contributed by atoms with Crippen molar-refractivity contribution in [2.45, 2.75) is 0 Å². The van der Waals surface area contributed by atoms with Gasteiger partial charge in [-0.3, -0.25) is 0 Å². The molecule has 0 heterocycles. The van der Waals surface area contributed by atoms with Crippen LogP contribution in [0.15, 0.2) is 42.2 Å². The largest absolute Gasteiger partial charge is 0.503 e. The van der Waals surface area contributed by atoms with Crippen molar-refractivity contribution in [2.24, 2.45) is 0 Å². The minimum Gasteiger partial charge on any atom is -0.503 e. The molecule has 2 nitrogen and oxygen atoms in total. The molecule has 100 valence electrons. The van der Waals surface area contributed by atoms with Gasteiger partial charge in [-0.05, 0) is 72.1 Å². The molecule has 2 aromatic carbocycles. The Morgan fingerprint density at radius 2 is 1.68 bits per heavy atom. The van der Waals surface area contributed by atoms with Crippen LogP contribution in [0.1, 0.15) is 0 Å². The number of phenols is 1. The first-order chi connectivity index (χ1) is 8.90. The second-order valence-corrected chi connectivity index (χ2v) is 7.33. The van der Waals surface area contributed by atoms with Crippen molar-refractivity contribution >= 4 is 75.3 Å². The van der Waals surface area contributed by atoms with Gasteiger partial charge in [0.1, 0.15) is 5.75 Å². The van der Waals surface area contributed by atoms with E-state index in [2.05, 4.69) is 63.7 Å². The van der Waals surface area contributed by atoms with Crippen molar-refractivity contribution in [1.82, 2.24) is 0 Å². The van der Waals surface area contributed by atoms with Crippen LogP contribution in [0.5, 0.6) is 17.2 Å². The van der Waals surface area contributed by atoms with Crippen LogP contribution in [0.25, 0.3) is 0 Å². The fourth-order valence-corrected chi connectivity index (χ4v) is 3.54. The summed E-state index contributed by atoms with van der Waals surface area (Å²) in [6, 6.07) is 7.08. The predicted molar refractivity (Wildman–Crippen MR) is 90.4 cm³/mol. The number of benzene rings is 2. The summed E-state index contributed by atoms with van der Waals surface area (Å²) in [5, 5.41) is 10.4. The number of hydrogen-bond acceptors (Lipinski definition) is 2. The van der Waals surface area contributed by atoms with Crippen molar-refractivity contribution in [3.63, 3.8) is 0 Å². The number of phenolic OH excluding ortho intramolecular Hbond substituents is 1. The number of ether oxygens (including phenoxy) is 1. The summed E-state index contributed by atoms with van der Waals surface area (Å²) in [6.45, 7) is 0. The lowest BCUT2D eigenvalue weighted by atomic mass is 10.3. The molecule has 0 bridgehead atoms. The molecular weight excluding hydrogens is 531 g/mol. The maximum atomic E-state index is 10.1. The fourth-order valence-electron chi connectivity index (χ4n) is 1.33. The molecule has 0 atom stereocenters. The van der Waals surface area contributed by atoms with Crippen molar-refractivity contribution in [1.29, 1.82) is 0 Å². The zero-order chi connectivity index (χ0) is 14.2. The molecule has 2 rings (SSSR count). The van der Waals surface area contributed by atoms with Crippen molar-refractivity contribution in [2.75, 3.05) is 0 Å². The Morgan fingerprint density at radius 1 is 1.00 bits per heavy atom. The van der Waals surface area contributed by atoms with Crippen LogP contribution < -0.4 is 4.74 Å². The van der Waals surface area contributed by atoms with E-state index in [4.69, 9.17) is 16.3 Å². The van der Waals surface area contributed by atoms with Gasteiger partial charge in [0.2, 0.25) is 0 Å². The number of hydrogen-bond donors (Lipinski definition) is 1. The minimum atomic E-state index is -0.0609. The normalized spacial score (nSPS) is 10.6. The highest BCUT2D eigenvalue weighted by atomic mass is 79.9. The first-order valence-electron chi connectivity index (χ1n) is 4.89. The number of halogens is 5. The third-order valence-electron chi connectivity index (χ3n) is 2.21. The van der Waals surface area contributed by atoms with Gasteiger partial charge in [0, 0.05) is 8.95 Å². The van der Waals surface area contributed by atoms with Crippen LogP contribution >= 0.6 is 75.3 Å². The smallest absolute Gasteiger partial charge is 0.188 e. The summed E-state index contributed by atoms with van der Waals surface area (Å²) in [5.74, 6) is 0.684. The van der Waals surface area contributed by atoms with E-state index in [0.717, 1.165) is 8.95 Å². The predicted octanol–water partition coefficient (Wildman–Crippen LogP) is 6.89. The second-order valence-electron chi connectivity index (χ2n) is 3.51. The SMILES string of the molecule is Oc1c(Br)c(Br)cc(Cl)c1Oc1ccc(Br)cc1Br. The zero-order valence-electron chi connectivity index (χ0n) is 9.05. The van der Waals surface area contributed by atoms with Crippen LogP contribution in [0.3, 0.4) is 0 Å². The number of rotatable bonds is 2. The Bertz CT molecular complexity index is 646. The van der Waals surface area contributed by atoms with Crippen molar-refractivity contribution < 1.29 is 9.84 Å². The summed E-state index contributed by atoms with van der Waals surface area (Å²) < 4.78 is 8.46. The fraction of sp³-hybridized carbons (Fsp3) is 0. The van der Waals surface area contributed by atoms with Gasteiger partial charge in [-0.1, -0.05) is 27.5 Å². The summed E-state index contributed by atoms with van der Waals surface area (Å²) in [6.07, 6.45) is 0. The Labute approximate surface area is 148 Å². The first-order valence-corrected chi connectivity index (χ1v) is 8.44. The molecule has 0 aliphatic rings. The third kappa shape index (κ3) is 3.47. The van der Waals surface area contributed by atoms with Gasteiger partial charge in [-0.2, -0.15) is 0 Å². The quantitative estimate of drug-likeness (QED) is 0.424. The Morgan fingerprint density at radius 3 is 2.32 bits per heavy atom. The van der Waals surface area contributed by atoms with E-state index in [-0.39, 0.29) is 11.5 Å². The molecule has 7 heteroatoms. The van der Waals surface area contributed by atoms with Gasteiger partial charge in [-0.15, -0.1) is 0 Å². The zero-order valence-corrected chi connectivity index (χ0v) is 16.2. The van der Waals surface area contributed by atoms with E-state index in [1.54, 1.807) is 12.1 Å². The topological polar surface area (TPSA) is 29.5 Å². The Kier molecular flexibility index (Phi) is 5.22. The highest BCUT2D eigenvalue weighted by Crippen LogP contribution is 2.47. The first kappa shape index (κ1) is 15.6. The molecule has 1 N–H and O–H groups in total.